The number of benzene rings is 2. The molecule has 0 heterocycles. The molecule has 0 bridgehead atoms. The fourth-order valence-corrected chi connectivity index (χ4v) is 2.59. The van der Waals surface area contributed by atoms with Gasteiger partial charge in [-0.25, -0.2) is 0 Å². The van der Waals surface area contributed by atoms with Crippen LogP contribution in [-0.2, 0) is 4.79 Å². The second-order valence-corrected chi connectivity index (χ2v) is 6.05. The molecule has 0 atom stereocenters. The number of anilines is 2. The van der Waals surface area contributed by atoms with Gasteiger partial charge < -0.3 is 15.4 Å². The minimum Gasteiger partial charge on any atom is -0.494 e. The smallest absolute Gasteiger partial charge is 0.243 e. The van der Waals surface area contributed by atoms with Gasteiger partial charge in [-0.15, -0.1) is 0 Å². The van der Waals surface area contributed by atoms with Gasteiger partial charge in [0, 0.05) is 11.4 Å². The first-order chi connectivity index (χ1) is 11.5. The van der Waals surface area contributed by atoms with Crippen molar-refractivity contribution in [3.8, 4) is 5.75 Å². The lowest BCUT2D eigenvalue weighted by Crippen LogP contribution is -2.22. The lowest BCUT2D eigenvalue weighted by molar-refractivity contribution is -0.114. The highest BCUT2D eigenvalue weighted by atomic mass is 16.5. The van der Waals surface area contributed by atoms with Crippen molar-refractivity contribution in [2.45, 2.75) is 33.6 Å². The highest BCUT2D eigenvalue weighted by Gasteiger charge is 2.10. The molecule has 0 saturated carbocycles. The molecule has 0 spiro atoms. The number of ether oxygens (including phenoxy) is 1. The minimum atomic E-state index is -0.0721. The first-order valence-corrected chi connectivity index (χ1v) is 8.37. The number of carbonyl (C=O) groups excluding carboxylic acids is 1. The Bertz CT molecular complexity index is 679. The summed E-state index contributed by atoms with van der Waals surface area (Å²) >= 11 is 0. The number of rotatable bonds is 7. The van der Waals surface area contributed by atoms with Gasteiger partial charge >= 0.3 is 0 Å². The standard InChI is InChI=1S/C20H26N2O2/c1-5-24-17-11-9-16(10-12-17)22-19(23)13-21-20-15(4)7-6-8-18(20)14(2)3/h6-12,14,21H,5,13H2,1-4H3,(H,22,23). The molecule has 4 heteroatoms. The summed E-state index contributed by atoms with van der Waals surface area (Å²) in [6.07, 6.45) is 0. The van der Waals surface area contributed by atoms with E-state index in [2.05, 4.69) is 49.6 Å². The van der Waals surface area contributed by atoms with Crippen LogP contribution in [-0.4, -0.2) is 19.1 Å². The van der Waals surface area contributed by atoms with Crippen LogP contribution in [0.3, 0.4) is 0 Å². The Kier molecular flexibility index (Phi) is 6.24. The summed E-state index contributed by atoms with van der Waals surface area (Å²) in [7, 11) is 0. The largest absolute Gasteiger partial charge is 0.494 e. The van der Waals surface area contributed by atoms with Gasteiger partial charge in [0.1, 0.15) is 5.75 Å². The second kappa shape index (κ2) is 8.39. The van der Waals surface area contributed by atoms with Gasteiger partial charge in [-0.3, -0.25) is 4.79 Å². The highest BCUT2D eigenvalue weighted by Crippen LogP contribution is 2.27. The van der Waals surface area contributed by atoms with E-state index in [0.29, 0.717) is 12.5 Å². The summed E-state index contributed by atoms with van der Waals surface area (Å²) in [6, 6.07) is 13.6. The molecule has 2 aromatic carbocycles. The SMILES string of the molecule is CCOc1ccc(NC(=O)CNc2c(C)cccc2C(C)C)cc1. The first kappa shape index (κ1) is 17.9. The molecule has 0 aromatic heterocycles. The highest BCUT2D eigenvalue weighted by molar-refractivity contribution is 5.94. The third-order valence-electron chi connectivity index (χ3n) is 3.80. The lowest BCUT2D eigenvalue weighted by Gasteiger charge is -2.17. The van der Waals surface area contributed by atoms with Crippen LogP contribution >= 0.6 is 0 Å². The minimum absolute atomic E-state index is 0.0721. The Morgan fingerprint density at radius 2 is 1.83 bits per heavy atom. The Balaban J connectivity index is 1.96. The second-order valence-electron chi connectivity index (χ2n) is 6.05. The molecule has 2 rings (SSSR count). The quantitative estimate of drug-likeness (QED) is 0.784. The summed E-state index contributed by atoms with van der Waals surface area (Å²) < 4.78 is 5.39. The van der Waals surface area contributed by atoms with E-state index in [-0.39, 0.29) is 12.5 Å². The number of hydrogen-bond acceptors (Lipinski definition) is 3. The third kappa shape index (κ3) is 4.75. The number of nitrogens with one attached hydrogen (secondary N) is 2. The zero-order chi connectivity index (χ0) is 17.5. The molecule has 4 nitrogen and oxygen atoms in total. The average molecular weight is 326 g/mol. The van der Waals surface area contributed by atoms with Crippen molar-refractivity contribution in [1.82, 2.24) is 0 Å². The molecule has 128 valence electrons. The van der Waals surface area contributed by atoms with Crippen LogP contribution in [0.5, 0.6) is 5.75 Å². The molecule has 0 aliphatic rings. The predicted octanol–water partition coefficient (Wildman–Crippen LogP) is 4.57. The van der Waals surface area contributed by atoms with Gasteiger partial charge in [0.2, 0.25) is 5.91 Å². The molecule has 0 aliphatic heterocycles. The maximum absolute atomic E-state index is 12.2. The zero-order valence-corrected chi connectivity index (χ0v) is 14.8. The number of para-hydroxylation sites is 1. The van der Waals surface area contributed by atoms with E-state index >= 15 is 0 Å². The van der Waals surface area contributed by atoms with Crippen LogP contribution in [0.1, 0.15) is 37.8 Å². The maximum atomic E-state index is 12.2. The van der Waals surface area contributed by atoms with Gasteiger partial charge in [0.05, 0.1) is 13.2 Å². The van der Waals surface area contributed by atoms with E-state index < -0.39 is 0 Å². The van der Waals surface area contributed by atoms with E-state index in [9.17, 15) is 4.79 Å². The summed E-state index contributed by atoms with van der Waals surface area (Å²) in [5, 5.41) is 6.17. The predicted molar refractivity (Wildman–Crippen MR) is 100.0 cm³/mol. The van der Waals surface area contributed by atoms with E-state index in [1.165, 1.54) is 5.56 Å². The fraction of sp³-hybridized carbons (Fsp3) is 0.350. The van der Waals surface area contributed by atoms with Crippen LogP contribution in [0.15, 0.2) is 42.5 Å². The van der Waals surface area contributed by atoms with Crippen molar-refractivity contribution in [2.75, 3.05) is 23.8 Å². The first-order valence-electron chi connectivity index (χ1n) is 8.37. The summed E-state index contributed by atoms with van der Waals surface area (Å²) in [6.45, 7) is 9.17. The monoisotopic (exact) mass is 326 g/mol. The summed E-state index contributed by atoms with van der Waals surface area (Å²) in [5.74, 6) is 1.13. The molecule has 24 heavy (non-hydrogen) atoms. The Morgan fingerprint density at radius 3 is 2.46 bits per heavy atom. The Labute approximate surface area is 144 Å². The van der Waals surface area contributed by atoms with Crippen LogP contribution in [0.2, 0.25) is 0 Å². The van der Waals surface area contributed by atoms with Gasteiger partial charge in [-0.2, -0.15) is 0 Å². The molecular weight excluding hydrogens is 300 g/mol. The van der Waals surface area contributed by atoms with Crippen molar-refractivity contribution in [3.63, 3.8) is 0 Å². The van der Waals surface area contributed by atoms with Crippen LogP contribution in [0.25, 0.3) is 0 Å². The summed E-state index contributed by atoms with van der Waals surface area (Å²) in [5.41, 5.74) is 4.19. The average Bonchev–Trinajstić information content (AvgIpc) is 2.55. The molecule has 2 N–H and O–H groups in total. The number of aryl methyl sites for hydroxylation is 1. The lowest BCUT2D eigenvalue weighted by atomic mass is 9.98. The molecule has 1 amide bonds. The van der Waals surface area contributed by atoms with Crippen LogP contribution < -0.4 is 15.4 Å². The number of amides is 1. The molecule has 0 saturated heterocycles. The molecule has 0 unspecified atom stereocenters. The van der Waals surface area contributed by atoms with E-state index in [1.807, 2.05) is 31.2 Å². The molecule has 0 aliphatic carbocycles. The van der Waals surface area contributed by atoms with Gasteiger partial charge in [-0.05, 0) is 55.2 Å². The van der Waals surface area contributed by atoms with Gasteiger partial charge in [0.15, 0.2) is 0 Å². The van der Waals surface area contributed by atoms with E-state index in [1.54, 1.807) is 0 Å². The Hall–Kier alpha value is -2.49. The maximum Gasteiger partial charge on any atom is 0.243 e. The number of hydrogen-bond donors (Lipinski definition) is 2. The Morgan fingerprint density at radius 1 is 1.12 bits per heavy atom. The van der Waals surface area contributed by atoms with Crippen molar-refractivity contribution in [1.29, 1.82) is 0 Å². The normalized spacial score (nSPS) is 10.5. The summed E-state index contributed by atoms with van der Waals surface area (Å²) in [4.78, 5) is 12.2. The molecule has 0 fully saturated rings. The van der Waals surface area contributed by atoms with Gasteiger partial charge in [-0.1, -0.05) is 32.0 Å². The van der Waals surface area contributed by atoms with Gasteiger partial charge in [0.25, 0.3) is 0 Å². The molecule has 2 aromatic rings. The van der Waals surface area contributed by atoms with Crippen molar-refractivity contribution in [3.05, 3.63) is 53.6 Å². The van der Waals surface area contributed by atoms with Crippen LogP contribution in [0.4, 0.5) is 11.4 Å². The molecule has 0 radical (unpaired) electrons. The zero-order valence-electron chi connectivity index (χ0n) is 14.8. The molecular formula is C20H26N2O2. The fourth-order valence-electron chi connectivity index (χ4n) is 2.59. The van der Waals surface area contributed by atoms with Crippen molar-refractivity contribution in [2.24, 2.45) is 0 Å². The van der Waals surface area contributed by atoms with E-state index in [4.69, 9.17) is 4.74 Å². The van der Waals surface area contributed by atoms with Crippen molar-refractivity contribution >= 4 is 17.3 Å². The van der Waals surface area contributed by atoms with Crippen molar-refractivity contribution < 1.29 is 9.53 Å². The third-order valence-corrected chi connectivity index (χ3v) is 3.80. The van der Waals surface area contributed by atoms with Crippen LogP contribution in [0, 0.1) is 6.92 Å². The number of carbonyl (C=O) groups is 1. The van der Waals surface area contributed by atoms with E-state index in [0.717, 1.165) is 22.7 Å². The topological polar surface area (TPSA) is 50.4 Å².